The van der Waals surface area contributed by atoms with Crippen LogP contribution < -0.4 is 0 Å². The topological polar surface area (TPSA) is 79.5 Å². The zero-order valence-corrected chi connectivity index (χ0v) is 13.6. The lowest BCUT2D eigenvalue weighted by molar-refractivity contribution is 0.748. The van der Waals surface area contributed by atoms with Crippen LogP contribution in [0.1, 0.15) is 0 Å². The molecular formula is C16H11BrN6. The van der Waals surface area contributed by atoms with Gasteiger partial charge in [0.1, 0.15) is 5.52 Å². The van der Waals surface area contributed by atoms with Crippen LogP contribution in [0.25, 0.3) is 43.5 Å². The third kappa shape index (κ3) is 2.30. The van der Waals surface area contributed by atoms with Gasteiger partial charge < -0.3 is 4.57 Å². The van der Waals surface area contributed by atoms with Crippen molar-refractivity contribution in [3.63, 3.8) is 0 Å². The van der Waals surface area contributed by atoms with Gasteiger partial charge >= 0.3 is 0 Å². The number of rotatable bonds is 3. The molecule has 2 heterocycles. The number of azide groups is 1. The highest BCUT2D eigenvalue weighted by atomic mass is 79.9. The second-order valence-electron chi connectivity index (χ2n) is 5.15. The molecule has 0 fully saturated rings. The maximum absolute atomic E-state index is 8.51. The quantitative estimate of drug-likeness (QED) is 0.296. The second-order valence-corrected chi connectivity index (χ2v) is 6.07. The molecule has 0 bridgehead atoms. The normalized spacial score (nSPS) is 11.2. The van der Waals surface area contributed by atoms with E-state index in [-0.39, 0.29) is 0 Å². The number of hydrogen-bond acceptors (Lipinski definition) is 3. The van der Waals surface area contributed by atoms with Crippen LogP contribution in [-0.2, 0) is 6.54 Å². The van der Waals surface area contributed by atoms with Crippen molar-refractivity contribution in [3.8, 4) is 0 Å². The van der Waals surface area contributed by atoms with Crippen LogP contribution in [0, 0.1) is 0 Å². The van der Waals surface area contributed by atoms with E-state index in [1.165, 1.54) is 0 Å². The summed E-state index contributed by atoms with van der Waals surface area (Å²) in [6, 6.07) is 13.9. The van der Waals surface area contributed by atoms with Gasteiger partial charge in [0.25, 0.3) is 0 Å². The molecule has 23 heavy (non-hydrogen) atoms. The Labute approximate surface area is 139 Å². The Balaban J connectivity index is 2.09. The first-order valence-electron chi connectivity index (χ1n) is 7.13. The van der Waals surface area contributed by atoms with Crippen molar-refractivity contribution in [2.24, 2.45) is 5.11 Å². The number of hydrogen-bond donors (Lipinski definition) is 0. The lowest BCUT2D eigenvalue weighted by atomic mass is 10.2. The van der Waals surface area contributed by atoms with Gasteiger partial charge in [0.05, 0.1) is 16.6 Å². The Morgan fingerprint density at radius 3 is 2.70 bits per heavy atom. The smallest absolute Gasteiger partial charge is 0.160 e. The van der Waals surface area contributed by atoms with Crippen LogP contribution in [0.5, 0.6) is 0 Å². The molecule has 2 aromatic carbocycles. The molecule has 0 spiro atoms. The molecule has 0 aliphatic heterocycles. The summed E-state index contributed by atoms with van der Waals surface area (Å²) in [5.74, 6) is 0. The minimum Gasteiger partial charge on any atom is -0.324 e. The average molecular weight is 367 g/mol. The van der Waals surface area contributed by atoms with E-state index in [1.807, 2.05) is 42.5 Å². The maximum Gasteiger partial charge on any atom is 0.160 e. The maximum atomic E-state index is 8.51. The molecule has 0 amide bonds. The Bertz CT molecular complexity index is 1090. The molecule has 2 aromatic heterocycles. The van der Waals surface area contributed by atoms with E-state index in [2.05, 4.69) is 30.5 Å². The zero-order valence-electron chi connectivity index (χ0n) is 12.0. The second kappa shape index (κ2) is 5.53. The number of benzene rings is 2. The van der Waals surface area contributed by atoms with Crippen molar-refractivity contribution in [3.05, 3.63) is 57.4 Å². The lowest BCUT2D eigenvalue weighted by Crippen LogP contribution is -2.02. The van der Waals surface area contributed by atoms with Gasteiger partial charge in [-0.3, -0.25) is 0 Å². The summed E-state index contributed by atoms with van der Waals surface area (Å²) in [7, 11) is 0. The fourth-order valence-electron chi connectivity index (χ4n) is 2.82. The molecule has 0 saturated heterocycles. The summed E-state index contributed by atoms with van der Waals surface area (Å²) in [6.45, 7) is 0.943. The van der Waals surface area contributed by atoms with Crippen LogP contribution in [0.2, 0.25) is 0 Å². The van der Waals surface area contributed by atoms with Gasteiger partial charge in [-0.15, -0.1) is 0 Å². The minimum atomic E-state index is 0.375. The molecule has 4 aromatic rings. The first-order valence-corrected chi connectivity index (χ1v) is 7.92. The summed E-state index contributed by atoms with van der Waals surface area (Å²) in [5, 5.41) is 4.68. The van der Waals surface area contributed by atoms with E-state index in [1.54, 1.807) is 0 Å². The summed E-state index contributed by atoms with van der Waals surface area (Å²) in [4.78, 5) is 12.4. The van der Waals surface area contributed by atoms with E-state index in [0.29, 0.717) is 13.1 Å². The van der Waals surface area contributed by atoms with Crippen LogP contribution in [0.15, 0.2) is 52.1 Å². The molecule has 0 saturated carbocycles. The number of fused-ring (bicyclic) bond motifs is 4. The highest BCUT2D eigenvalue weighted by Gasteiger charge is 2.14. The number of nitrogens with zero attached hydrogens (tertiary/aromatic N) is 6. The first kappa shape index (κ1) is 14.0. The Kier molecular flexibility index (Phi) is 3.37. The predicted octanol–water partition coefficient (Wildman–Crippen LogP) is 4.81. The van der Waals surface area contributed by atoms with Gasteiger partial charge in [0.15, 0.2) is 5.65 Å². The molecule has 112 valence electrons. The SMILES string of the molecule is [N-]=[N+]=NCCn1c2ccc(Br)cc2c2nc3ccccc3nc21. The van der Waals surface area contributed by atoms with Crippen molar-refractivity contribution in [1.29, 1.82) is 0 Å². The Morgan fingerprint density at radius 2 is 1.91 bits per heavy atom. The van der Waals surface area contributed by atoms with Crippen LogP contribution >= 0.6 is 15.9 Å². The average Bonchev–Trinajstić information content (AvgIpc) is 2.86. The van der Waals surface area contributed by atoms with Crippen LogP contribution in [0.4, 0.5) is 0 Å². The van der Waals surface area contributed by atoms with Gasteiger partial charge in [-0.2, -0.15) is 0 Å². The van der Waals surface area contributed by atoms with Crippen molar-refractivity contribution >= 4 is 49.0 Å². The largest absolute Gasteiger partial charge is 0.324 e. The van der Waals surface area contributed by atoms with Gasteiger partial charge in [-0.25, -0.2) is 9.97 Å². The highest BCUT2D eigenvalue weighted by Crippen LogP contribution is 2.30. The van der Waals surface area contributed by atoms with Crippen molar-refractivity contribution in [1.82, 2.24) is 14.5 Å². The molecule has 0 aliphatic carbocycles. The molecule has 0 unspecified atom stereocenters. The lowest BCUT2D eigenvalue weighted by Gasteiger charge is -2.04. The van der Waals surface area contributed by atoms with Crippen molar-refractivity contribution in [2.45, 2.75) is 6.54 Å². The van der Waals surface area contributed by atoms with E-state index < -0.39 is 0 Å². The Hall–Kier alpha value is -2.63. The third-order valence-corrected chi connectivity index (χ3v) is 4.29. The number of para-hydroxylation sites is 2. The Morgan fingerprint density at radius 1 is 1.13 bits per heavy atom. The molecule has 4 rings (SSSR count). The van der Waals surface area contributed by atoms with Crippen LogP contribution in [0.3, 0.4) is 0 Å². The molecule has 7 heteroatoms. The fourth-order valence-corrected chi connectivity index (χ4v) is 3.18. The van der Waals surface area contributed by atoms with Gasteiger partial charge in [0.2, 0.25) is 0 Å². The predicted molar refractivity (Wildman–Crippen MR) is 94.3 cm³/mol. The summed E-state index contributed by atoms with van der Waals surface area (Å²) in [5.41, 5.74) is 12.9. The number of aromatic nitrogens is 3. The van der Waals surface area contributed by atoms with E-state index >= 15 is 0 Å². The van der Waals surface area contributed by atoms with Crippen molar-refractivity contribution < 1.29 is 0 Å². The van der Waals surface area contributed by atoms with Gasteiger partial charge in [-0.1, -0.05) is 33.2 Å². The standard InChI is InChI=1S/C16H11BrN6/c17-10-5-6-14-11(9-10)15-16(23(14)8-7-19-22-18)21-13-4-2-1-3-12(13)20-15/h1-6,9H,7-8H2. The zero-order chi connectivity index (χ0) is 15.8. The van der Waals surface area contributed by atoms with E-state index in [9.17, 15) is 0 Å². The minimum absolute atomic E-state index is 0.375. The molecule has 0 radical (unpaired) electrons. The molecule has 0 aliphatic rings. The molecule has 0 N–H and O–H groups in total. The molecular weight excluding hydrogens is 356 g/mol. The fraction of sp³-hybridized carbons (Fsp3) is 0.125. The highest BCUT2D eigenvalue weighted by molar-refractivity contribution is 9.10. The summed E-state index contributed by atoms with van der Waals surface area (Å²) >= 11 is 3.52. The monoisotopic (exact) mass is 366 g/mol. The van der Waals surface area contributed by atoms with Crippen molar-refractivity contribution in [2.75, 3.05) is 6.54 Å². The third-order valence-electron chi connectivity index (χ3n) is 3.80. The van der Waals surface area contributed by atoms with E-state index in [0.717, 1.165) is 37.6 Å². The summed E-state index contributed by atoms with van der Waals surface area (Å²) < 4.78 is 3.06. The molecule has 0 atom stereocenters. The number of halogens is 1. The van der Waals surface area contributed by atoms with Gasteiger partial charge in [0, 0.05) is 27.9 Å². The van der Waals surface area contributed by atoms with Crippen LogP contribution in [-0.4, -0.2) is 21.1 Å². The molecule has 6 nitrogen and oxygen atoms in total. The summed E-state index contributed by atoms with van der Waals surface area (Å²) in [6.07, 6.45) is 0. The van der Waals surface area contributed by atoms with Gasteiger partial charge in [-0.05, 0) is 35.9 Å². The first-order chi connectivity index (χ1) is 11.3. The van der Waals surface area contributed by atoms with E-state index in [4.69, 9.17) is 15.5 Å².